The summed E-state index contributed by atoms with van der Waals surface area (Å²) < 4.78 is 0. The molecular weight excluding hydrogens is 412 g/mol. The molecule has 1 fully saturated rings. The first-order valence-electron chi connectivity index (χ1n) is 11.8. The van der Waals surface area contributed by atoms with Gasteiger partial charge in [0, 0.05) is 25.4 Å². The van der Waals surface area contributed by atoms with Crippen molar-refractivity contribution in [3.05, 3.63) is 71.4 Å². The molecule has 2 aliphatic heterocycles. The molecule has 0 radical (unpaired) electrons. The quantitative estimate of drug-likeness (QED) is 0.613. The Bertz CT molecular complexity index is 1170. The second-order valence-electron chi connectivity index (χ2n) is 9.23. The highest BCUT2D eigenvalue weighted by molar-refractivity contribution is 6.13. The topological polar surface area (TPSA) is 65.5 Å². The normalized spacial score (nSPS) is 16.9. The number of carbonyl (C=O) groups excluding carboxylic acids is 2. The van der Waals surface area contributed by atoms with Crippen LogP contribution in [-0.4, -0.2) is 46.2 Å². The number of pyridine rings is 1. The fraction of sp³-hybridized carbons (Fsp3) is 0.370. The molecule has 0 aliphatic carbocycles. The van der Waals surface area contributed by atoms with Gasteiger partial charge in [-0.15, -0.1) is 0 Å². The monoisotopic (exact) mass is 442 g/mol. The molecule has 1 saturated heterocycles. The zero-order chi connectivity index (χ0) is 22.8. The molecule has 2 amide bonds. The Morgan fingerprint density at radius 1 is 1.06 bits per heavy atom. The summed E-state index contributed by atoms with van der Waals surface area (Å²) in [7, 11) is 0. The van der Waals surface area contributed by atoms with Crippen LogP contribution in [0.2, 0.25) is 0 Å². The predicted molar refractivity (Wildman–Crippen MR) is 130 cm³/mol. The van der Waals surface area contributed by atoms with Crippen molar-refractivity contribution in [1.29, 1.82) is 0 Å². The van der Waals surface area contributed by atoms with Gasteiger partial charge < -0.3 is 10.2 Å². The fourth-order valence-corrected chi connectivity index (χ4v) is 5.12. The van der Waals surface area contributed by atoms with E-state index in [9.17, 15) is 9.59 Å². The molecule has 2 aromatic carbocycles. The van der Waals surface area contributed by atoms with Crippen molar-refractivity contribution < 1.29 is 9.59 Å². The van der Waals surface area contributed by atoms with Gasteiger partial charge in [0.05, 0.1) is 29.0 Å². The number of carbonyl (C=O) groups is 2. The third kappa shape index (κ3) is 4.62. The first-order valence-corrected chi connectivity index (χ1v) is 11.8. The maximum absolute atomic E-state index is 13.3. The van der Waals surface area contributed by atoms with Crippen molar-refractivity contribution in [2.45, 2.75) is 39.3 Å². The Morgan fingerprint density at radius 3 is 2.55 bits per heavy atom. The highest BCUT2D eigenvalue weighted by Crippen LogP contribution is 2.35. The maximum Gasteiger partial charge on any atom is 0.258 e. The molecule has 0 saturated carbocycles. The Kier molecular flexibility index (Phi) is 6.09. The Hall–Kier alpha value is -3.25. The molecule has 2 aliphatic rings. The lowest BCUT2D eigenvalue weighted by Gasteiger charge is -2.32. The van der Waals surface area contributed by atoms with E-state index in [2.05, 4.69) is 40.5 Å². The number of hydrogen-bond donors (Lipinski definition) is 1. The van der Waals surface area contributed by atoms with Gasteiger partial charge in [-0.25, -0.2) is 4.98 Å². The largest absolute Gasteiger partial charge is 0.333 e. The fourth-order valence-electron chi connectivity index (χ4n) is 5.12. The molecule has 1 aromatic heterocycles. The van der Waals surface area contributed by atoms with E-state index >= 15 is 0 Å². The molecule has 0 bridgehead atoms. The lowest BCUT2D eigenvalue weighted by Crippen LogP contribution is -2.35. The highest BCUT2D eigenvalue weighted by Gasteiger charge is 2.33. The molecule has 33 heavy (non-hydrogen) atoms. The number of likely N-dealkylation sites (tertiary alicyclic amines) is 1. The van der Waals surface area contributed by atoms with E-state index in [1.54, 1.807) is 0 Å². The number of nitrogens with zero attached hydrogens (tertiary/aromatic N) is 3. The van der Waals surface area contributed by atoms with Crippen molar-refractivity contribution in [3.8, 4) is 0 Å². The van der Waals surface area contributed by atoms with Crippen LogP contribution < -0.4 is 5.32 Å². The van der Waals surface area contributed by atoms with E-state index in [4.69, 9.17) is 4.98 Å². The minimum atomic E-state index is -0.179. The van der Waals surface area contributed by atoms with Gasteiger partial charge in [0.2, 0.25) is 5.91 Å². The van der Waals surface area contributed by atoms with E-state index in [0.717, 1.165) is 49.2 Å². The summed E-state index contributed by atoms with van der Waals surface area (Å²) in [5.41, 5.74) is 4.10. The number of piperidine rings is 1. The van der Waals surface area contributed by atoms with Crippen LogP contribution in [0.25, 0.3) is 10.9 Å². The standard InChI is InChI=1S/C27H30N4O2/c1-19(32)28-26-22-9-5-6-10-23(22)29-24-18-31(27(33)25(24)26)16-13-20-11-14-30(15-12-20)17-21-7-3-2-4-8-21/h2-10,20H,11-18H2,1H3,(H,28,29,32). The number of nitrogens with one attached hydrogen (secondary N) is 1. The van der Waals surface area contributed by atoms with E-state index in [1.165, 1.54) is 25.3 Å². The van der Waals surface area contributed by atoms with Crippen LogP contribution in [0.4, 0.5) is 5.69 Å². The van der Waals surface area contributed by atoms with Gasteiger partial charge in [-0.2, -0.15) is 0 Å². The summed E-state index contributed by atoms with van der Waals surface area (Å²) >= 11 is 0. The first-order chi connectivity index (χ1) is 16.1. The van der Waals surface area contributed by atoms with Crippen LogP contribution in [0.5, 0.6) is 0 Å². The van der Waals surface area contributed by atoms with E-state index in [1.807, 2.05) is 29.2 Å². The van der Waals surface area contributed by atoms with E-state index < -0.39 is 0 Å². The van der Waals surface area contributed by atoms with Crippen LogP contribution in [0.3, 0.4) is 0 Å². The summed E-state index contributed by atoms with van der Waals surface area (Å²) in [4.78, 5) is 34.3. The minimum Gasteiger partial charge on any atom is -0.333 e. The summed E-state index contributed by atoms with van der Waals surface area (Å²) in [6.07, 6.45) is 3.34. The van der Waals surface area contributed by atoms with Gasteiger partial charge in [0.15, 0.2) is 0 Å². The zero-order valence-corrected chi connectivity index (χ0v) is 19.1. The first kappa shape index (κ1) is 21.6. The number of aromatic nitrogens is 1. The van der Waals surface area contributed by atoms with Crippen molar-refractivity contribution in [2.24, 2.45) is 5.92 Å². The molecule has 0 unspecified atom stereocenters. The van der Waals surface area contributed by atoms with Gasteiger partial charge in [-0.3, -0.25) is 14.5 Å². The second kappa shape index (κ2) is 9.32. The lowest BCUT2D eigenvalue weighted by atomic mass is 9.93. The Balaban J connectivity index is 1.22. The van der Waals surface area contributed by atoms with Crippen LogP contribution >= 0.6 is 0 Å². The molecule has 3 aromatic rings. The Labute approximate surface area is 194 Å². The zero-order valence-electron chi connectivity index (χ0n) is 19.1. The van der Waals surface area contributed by atoms with Crippen molar-refractivity contribution in [1.82, 2.24) is 14.8 Å². The lowest BCUT2D eigenvalue weighted by molar-refractivity contribution is -0.114. The molecule has 0 atom stereocenters. The summed E-state index contributed by atoms with van der Waals surface area (Å²) in [6.45, 7) is 5.94. The van der Waals surface area contributed by atoms with Gasteiger partial charge in [-0.1, -0.05) is 48.5 Å². The van der Waals surface area contributed by atoms with Gasteiger partial charge in [0.1, 0.15) is 0 Å². The molecule has 170 valence electrons. The van der Waals surface area contributed by atoms with Crippen molar-refractivity contribution >= 4 is 28.4 Å². The summed E-state index contributed by atoms with van der Waals surface area (Å²) in [6, 6.07) is 18.3. The molecular formula is C27H30N4O2. The molecule has 1 N–H and O–H groups in total. The third-order valence-corrected chi connectivity index (χ3v) is 6.87. The average Bonchev–Trinajstić information content (AvgIpc) is 3.14. The van der Waals surface area contributed by atoms with Gasteiger partial charge in [0.25, 0.3) is 5.91 Å². The van der Waals surface area contributed by atoms with Crippen LogP contribution in [0.15, 0.2) is 54.6 Å². The van der Waals surface area contributed by atoms with E-state index in [0.29, 0.717) is 23.7 Å². The van der Waals surface area contributed by atoms with Crippen molar-refractivity contribution in [3.63, 3.8) is 0 Å². The second-order valence-corrected chi connectivity index (χ2v) is 9.23. The van der Waals surface area contributed by atoms with E-state index in [-0.39, 0.29) is 11.8 Å². The number of para-hydroxylation sites is 1. The number of rotatable bonds is 6. The number of amides is 2. The summed E-state index contributed by atoms with van der Waals surface area (Å²) in [5.74, 6) is 0.436. The number of hydrogen-bond acceptors (Lipinski definition) is 4. The number of benzene rings is 2. The Morgan fingerprint density at radius 2 is 1.79 bits per heavy atom. The minimum absolute atomic E-state index is 0.0199. The maximum atomic E-state index is 13.3. The van der Waals surface area contributed by atoms with Crippen LogP contribution in [0, 0.1) is 5.92 Å². The van der Waals surface area contributed by atoms with Crippen LogP contribution in [0.1, 0.15) is 47.8 Å². The summed E-state index contributed by atoms with van der Waals surface area (Å²) in [5, 5.41) is 3.71. The highest BCUT2D eigenvalue weighted by atomic mass is 16.2. The third-order valence-electron chi connectivity index (χ3n) is 6.87. The van der Waals surface area contributed by atoms with Gasteiger partial charge >= 0.3 is 0 Å². The van der Waals surface area contributed by atoms with Crippen molar-refractivity contribution in [2.75, 3.05) is 25.0 Å². The number of anilines is 1. The van der Waals surface area contributed by atoms with Gasteiger partial charge in [-0.05, 0) is 49.9 Å². The molecule has 6 heteroatoms. The smallest absolute Gasteiger partial charge is 0.258 e. The SMILES string of the molecule is CC(=O)Nc1c2c(nc3ccccc13)CN(CCC1CCN(Cc3ccccc3)CC1)C2=O. The molecule has 5 rings (SSSR count). The predicted octanol–water partition coefficient (Wildman–Crippen LogP) is 4.45. The molecule has 6 nitrogen and oxygen atoms in total. The molecule has 0 spiro atoms. The molecule has 3 heterocycles. The number of fused-ring (bicyclic) bond motifs is 2. The van der Waals surface area contributed by atoms with Crippen LogP contribution in [-0.2, 0) is 17.9 Å². The average molecular weight is 443 g/mol.